The molecule has 0 saturated carbocycles. The molecule has 0 aliphatic carbocycles. The molecule has 8 heteroatoms. The lowest BCUT2D eigenvalue weighted by Crippen LogP contribution is -3.14. The maximum absolute atomic E-state index is 13.6. The van der Waals surface area contributed by atoms with E-state index in [2.05, 4.69) is 6.07 Å². The topological polar surface area (TPSA) is 94.7 Å². The summed E-state index contributed by atoms with van der Waals surface area (Å²) in [7, 11) is 0. The molecule has 3 heterocycles. The van der Waals surface area contributed by atoms with E-state index in [0.717, 1.165) is 45.0 Å². The first-order valence-corrected chi connectivity index (χ1v) is 10.9. The molecular weight excluding hydrogens is 416 g/mol. The number of aromatic nitrogens is 1. The van der Waals surface area contributed by atoms with Gasteiger partial charge in [-0.1, -0.05) is 29.8 Å². The minimum absolute atomic E-state index is 0.00684. The summed E-state index contributed by atoms with van der Waals surface area (Å²) in [5, 5.41) is 10.3. The summed E-state index contributed by atoms with van der Waals surface area (Å²) in [5.41, 5.74) is 7.95. The second-order valence-electron chi connectivity index (χ2n) is 7.93. The second kappa shape index (κ2) is 9.15. The molecule has 1 aromatic carbocycles. The number of nitrogens with two attached hydrogens (primary N) is 1. The van der Waals surface area contributed by atoms with E-state index in [-0.39, 0.29) is 17.0 Å². The van der Waals surface area contributed by atoms with E-state index < -0.39 is 5.92 Å². The number of hydrogen-bond donors (Lipinski definition) is 2. The van der Waals surface area contributed by atoms with E-state index in [1.165, 1.54) is 4.90 Å². The number of nitrogens with zero attached hydrogens (tertiary/aromatic N) is 2. The summed E-state index contributed by atoms with van der Waals surface area (Å²) in [6, 6.07) is 11.2. The maximum Gasteiger partial charge on any atom is 0.258 e. The third-order valence-corrected chi connectivity index (χ3v) is 6.36. The van der Waals surface area contributed by atoms with Crippen molar-refractivity contribution < 1.29 is 14.4 Å². The molecule has 1 aromatic heterocycles. The molecule has 0 amide bonds. The first kappa shape index (κ1) is 21.4. The Bertz CT molecular complexity index is 1110. The van der Waals surface area contributed by atoms with Crippen molar-refractivity contribution >= 4 is 11.6 Å². The molecule has 1 atom stereocenters. The Labute approximate surface area is 186 Å². The van der Waals surface area contributed by atoms with Crippen LogP contribution in [-0.2, 0) is 11.3 Å². The summed E-state index contributed by atoms with van der Waals surface area (Å²) >= 11 is 6.45. The van der Waals surface area contributed by atoms with E-state index in [1.807, 2.05) is 31.2 Å². The lowest BCUT2D eigenvalue weighted by Gasteiger charge is -2.28. The molecule has 1 fully saturated rings. The zero-order valence-electron chi connectivity index (χ0n) is 17.5. The summed E-state index contributed by atoms with van der Waals surface area (Å²) in [6.45, 7) is 7.03. The normalized spacial score (nSPS) is 18.9. The number of benzene rings is 1. The van der Waals surface area contributed by atoms with Gasteiger partial charge in [0.05, 0.1) is 31.2 Å². The largest absolute Gasteiger partial charge is 0.440 e. The van der Waals surface area contributed by atoms with Gasteiger partial charge in [0.25, 0.3) is 5.56 Å². The number of morpholine rings is 1. The van der Waals surface area contributed by atoms with Gasteiger partial charge >= 0.3 is 0 Å². The lowest BCUT2D eigenvalue weighted by atomic mass is 9.84. The van der Waals surface area contributed by atoms with Crippen LogP contribution in [-0.4, -0.2) is 37.4 Å². The number of rotatable bonds is 5. The van der Waals surface area contributed by atoms with Crippen molar-refractivity contribution in [3.63, 3.8) is 0 Å². The molecule has 31 heavy (non-hydrogen) atoms. The first-order valence-electron chi connectivity index (χ1n) is 10.5. The van der Waals surface area contributed by atoms with Gasteiger partial charge in [-0.3, -0.25) is 4.79 Å². The van der Waals surface area contributed by atoms with Crippen LogP contribution in [0.5, 0.6) is 5.75 Å². The fourth-order valence-electron chi connectivity index (χ4n) is 4.38. The van der Waals surface area contributed by atoms with Crippen molar-refractivity contribution in [2.24, 2.45) is 5.73 Å². The van der Waals surface area contributed by atoms with Crippen LogP contribution in [0, 0.1) is 18.3 Å². The van der Waals surface area contributed by atoms with Gasteiger partial charge in [0, 0.05) is 29.7 Å². The minimum Gasteiger partial charge on any atom is -0.440 e. The smallest absolute Gasteiger partial charge is 0.258 e. The summed E-state index contributed by atoms with van der Waals surface area (Å²) < 4.78 is 12.9. The van der Waals surface area contributed by atoms with Crippen molar-refractivity contribution in [1.82, 2.24) is 4.57 Å². The van der Waals surface area contributed by atoms with Crippen LogP contribution in [0.1, 0.15) is 29.2 Å². The molecule has 3 N–H and O–H groups in total. The Balaban J connectivity index is 1.72. The molecule has 2 aliphatic heterocycles. The number of quaternary nitrogens is 1. The number of aryl methyl sites for hydroxylation is 1. The van der Waals surface area contributed by atoms with Crippen molar-refractivity contribution in [3.8, 4) is 11.8 Å². The second-order valence-corrected chi connectivity index (χ2v) is 8.34. The number of fused-ring (bicyclic) bond motifs is 1. The highest BCUT2D eigenvalue weighted by Crippen LogP contribution is 2.42. The predicted molar refractivity (Wildman–Crippen MR) is 117 cm³/mol. The van der Waals surface area contributed by atoms with Gasteiger partial charge < -0.3 is 24.7 Å². The van der Waals surface area contributed by atoms with E-state index in [1.54, 1.807) is 10.6 Å². The molecule has 0 bridgehead atoms. The van der Waals surface area contributed by atoms with E-state index >= 15 is 0 Å². The first-order chi connectivity index (χ1) is 15.0. The zero-order valence-corrected chi connectivity index (χ0v) is 18.2. The van der Waals surface area contributed by atoms with Gasteiger partial charge in [0.2, 0.25) is 5.88 Å². The van der Waals surface area contributed by atoms with Crippen molar-refractivity contribution in [2.75, 3.05) is 32.8 Å². The highest BCUT2D eigenvalue weighted by Gasteiger charge is 2.35. The Morgan fingerprint density at radius 1 is 1.32 bits per heavy atom. The van der Waals surface area contributed by atoms with Crippen LogP contribution in [0.15, 0.2) is 46.6 Å². The minimum atomic E-state index is -0.660. The standard InChI is InChI=1S/C23H25ClN4O3/c1-15-13-19-21(23(29)28(15)8-4-7-27-9-11-30-12-10-27)20(17(14-25)22(26)31-19)16-5-2-3-6-18(16)24/h2-3,5-6,13,20H,4,7-12,26H2,1H3/p+1/t20-/m1/s1. The third-order valence-electron chi connectivity index (χ3n) is 6.02. The van der Waals surface area contributed by atoms with Gasteiger partial charge in [-0.15, -0.1) is 0 Å². The molecule has 0 radical (unpaired) electrons. The van der Waals surface area contributed by atoms with Crippen LogP contribution in [0.4, 0.5) is 0 Å². The molecule has 0 spiro atoms. The van der Waals surface area contributed by atoms with Crippen molar-refractivity contribution in [3.05, 3.63) is 74.0 Å². The Morgan fingerprint density at radius 3 is 2.77 bits per heavy atom. The van der Waals surface area contributed by atoms with E-state index in [0.29, 0.717) is 28.4 Å². The van der Waals surface area contributed by atoms with Crippen LogP contribution >= 0.6 is 11.6 Å². The Hall–Kier alpha value is -2.79. The van der Waals surface area contributed by atoms with Crippen LogP contribution in [0.25, 0.3) is 0 Å². The summed E-state index contributed by atoms with van der Waals surface area (Å²) in [4.78, 5) is 15.1. The molecule has 0 unspecified atom stereocenters. The SMILES string of the molecule is Cc1cc2c(c(=O)n1CCC[NH+]1CCOCC1)[C@H](c1ccccc1Cl)C(C#N)=C(N)O2. The van der Waals surface area contributed by atoms with Gasteiger partial charge in [-0.25, -0.2) is 0 Å². The average molecular weight is 442 g/mol. The number of allylic oxidation sites excluding steroid dienone is 1. The number of nitriles is 1. The quantitative estimate of drug-likeness (QED) is 0.730. The maximum atomic E-state index is 13.6. The molecular formula is C23H26ClN4O3+. The number of hydrogen-bond acceptors (Lipinski definition) is 5. The van der Waals surface area contributed by atoms with Crippen LogP contribution < -0.4 is 20.9 Å². The number of halogens is 1. The van der Waals surface area contributed by atoms with Gasteiger partial charge in [0.15, 0.2) is 0 Å². The summed E-state index contributed by atoms with van der Waals surface area (Å²) in [6.07, 6.45) is 0.871. The monoisotopic (exact) mass is 441 g/mol. The zero-order chi connectivity index (χ0) is 22.0. The number of pyridine rings is 1. The molecule has 7 nitrogen and oxygen atoms in total. The number of nitrogens with one attached hydrogen (secondary N) is 1. The number of ether oxygens (including phenoxy) is 2. The van der Waals surface area contributed by atoms with Gasteiger partial charge in [-0.2, -0.15) is 5.26 Å². The highest BCUT2D eigenvalue weighted by molar-refractivity contribution is 6.31. The Morgan fingerprint density at radius 2 is 2.06 bits per heavy atom. The van der Waals surface area contributed by atoms with E-state index in [4.69, 9.17) is 26.8 Å². The Kier molecular flexibility index (Phi) is 6.33. The lowest BCUT2D eigenvalue weighted by molar-refractivity contribution is -0.908. The van der Waals surface area contributed by atoms with E-state index in [9.17, 15) is 10.1 Å². The molecule has 4 rings (SSSR count). The molecule has 1 saturated heterocycles. The highest BCUT2D eigenvalue weighted by atomic mass is 35.5. The fourth-order valence-corrected chi connectivity index (χ4v) is 4.63. The predicted octanol–water partition coefficient (Wildman–Crippen LogP) is 1.33. The third kappa shape index (κ3) is 4.19. The van der Waals surface area contributed by atoms with Crippen LogP contribution in [0.3, 0.4) is 0 Å². The van der Waals surface area contributed by atoms with Crippen molar-refractivity contribution in [1.29, 1.82) is 5.26 Å². The fraction of sp³-hybridized carbons (Fsp3) is 0.391. The van der Waals surface area contributed by atoms with Gasteiger partial charge in [0.1, 0.15) is 30.5 Å². The molecule has 2 aliphatic rings. The van der Waals surface area contributed by atoms with Crippen LogP contribution in [0.2, 0.25) is 5.02 Å². The summed E-state index contributed by atoms with van der Waals surface area (Å²) in [5.74, 6) is -0.266. The van der Waals surface area contributed by atoms with Gasteiger partial charge in [-0.05, 0) is 18.6 Å². The van der Waals surface area contributed by atoms with Crippen molar-refractivity contribution in [2.45, 2.75) is 25.8 Å². The average Bonchev–Trinajstić information content (AvgIpc) is 2.76. The molecule has 2 aromatic rings. The molecule has 162 valence electrons.